The number of carbonyl (C=O) groups excluding carboxylic acids is 4. The van der Waals surface area contributed by atoms with E-state index < -0.39 is 23.9 Å². The van der Waals surface area contributed by atoms with Crippen LogP contribution in [0.4, 0.5) is 34.1 Å². The summed E-state index contributed by atoms with van der Waals surface area (Å²) in [6.45, 7) is 0. The third kappa shape index (κ3) is 13.2. The first-order chi connectivity index (χ1) is 59.1. The van der Waals surface area contributed by atoms with E-state index in [4.69, 9.17) is 18.9 Å². The number of rotatable bonds is 16. The lowest BCUT2D eigenvalue weighted by Crippen LogP contribution is -2.11. The van der Waals surface area contributed by atoms with E-state index in [0.29, 0.717) is 22.3 Å². The minimum Gasteiger partial charge on any atom is -0.465 e. The van der Waals surface area contributed by atoms with Crippen LogP contribution in [0.15, 0.2) is 388 Å². The van der Waals surface area contributed by atoms with E-state index in [9.17, 15) is 19.2 Å². The summed E-state index contributed by atoms with van der Waals surface area (Å²) < 4.78 is 25.3. The third-order valence-electron chi connectivity index (χ3n) is 22.7. The Balaban J connectivity index is 0.000000159. The molecule has 12 nitrogen and oxygen atoms in total. The van der Waals surface area contributed by atoms with Gasteiger partial charge in [0.05, 0.1) is 78.4 Å². The molecule has 576 valence electrons. The van der Waals surface area contributed by atoms with Crippen molar-refractivity contribution in [2.45, 2.75) is 0 Å². The van der Waals surface area contributed by atoms with Crippen molar-refractivity contribution in [1.29, 1.82) is 0 Å². The van der Waals surface area contributed by atoms with Gasteiger partial charge in [0.1, 0.15) is 0 Å². The van der Waals surface area contributed by atoms with Gasteiger partial charge in [0, 0.05) is 66.7 Å². The number of para-hydroxylation sites is 6. The molecular formula is C108H76N4O8. The van der Waals surface area contributed by atoms with Crippen LogP contribution in [0.5, 0.6) is 0 Å². The normalized spacial score (nSPS) is 11.3. The molecule has 18 aromatic carbocycles. The monoisotopic (exact) mass is 1560 g/mol. The summed E-state index contributed by atoms with van der Waals surface area (Å²) >= 11 is 0. The Morgan fingerprint density at radius 3 is 0.875 bits per heavy atom. The van der Waals surface area contributed by atoms with Crippen molar-refractivity contribution >= 4 is 145 Å². The van der Waals surface area contributed by atoms with Crippen LogP contribution in [0.2, 0.25) is 0 Å². The Bertz CT molecular complexity index is 7250. The lowest BCUT2D eigenvalue weighted by molar-refractivity contribution is 0.0592. The largest absolute Gasteiger partial charge is 0.465 e. The number of fused-ring (bicyclic) bond motifs is 10. The van der Waals surface area contributed by atoms with Gasteiger partial charge in [-0.2, -0.15) is 0 Å². The molecule has 0 saturated carbocycles. The molecule has 12 heteroatoms. The Morgan fingerprint density at radius 1 is 0.217 bits per heavy atom. The van der Waals surface area contributed by atoms with Crippen molar-refractivity contribution in [3.8, 4) is 55.9 Å². The molecule has 0 amide bonds. The zero-order valence-corrected chi connectivity index (χ0v) is 66.0. The number of hydrogen-bond acceptors (Lipinski definition) is 10. The van der Waals surface area contributed by atoms with Crippen molar-refractivity contribution in [2.24, 2.45) is 0 Å². The second-order valence-corrected chi connectivity index (χ2v) is 29.4. The molecule has 0 atom stereocenters. The van der Waals surface area contributed by atoms with Crippen molar-refractivity contribution < 1.29 is 38.1 Å². The van der Waals surface area contributed by atoms with E-state index in [1.165, 1.54) is 50.0 Å². The smallest absolute Gasteiger partial charge is 0.337 e. The molecule has 0 aliphatic rings. The summed E-state index contributed by atoms with van der Waals surface area (Å²) in [6.07, 6.45) is 0. The van der Waals surface area contributed by atoms with Crippen LogP contribution in [0.25, 0.3) is 143 Å². The lowest BCUT2D eigenvalue weighted by Gasteiger charge is -2.29. The van der Waals surface area contributed by atoms with E-state index in [2.05, 4.69) is 280 Å². The van der Waals surface area contributed by atoms with Gasteiger partial charge in [-0.15, -0.1) is 0 Å². The average Bonchev–Trinajstić information content (AvgIpc) is 1.47. The van der Waals surface area contributed by atoms with Gasteiger partial charge in [0.25, 0.3) is 0 Å². The summed E-state index contributed by atoms with van der Waals surface area (Å²) in [5.41, 5.74) is 21.9. The second-order valence-electron chi connectivity index (χ2n) is 29.4. The number of benzene rings is 18. The van der Waals surface area contributed by atoms with Gasteiger partial charge < -0.3 is 37.9 Å². The molecule has 0 bridgehead atoms. The Morgan fingerprint density at radius 2 is 0.492 bits per heavy atom. The number of carbonyl (C=O) groups is 4. The predicted octanol–water partition coefficient (Wildman–Crippen LogP) is 26.9. The molecule has 0 saturated heterocycles. The summed E-state index contributed by atoms with van der Waals surface area (Å²) in [5.74, 6) is -1.60. The first-order valence-corrected chi connectivity index (χ1v) is 39.6. The molecule has 0 radical (unpaired) electrons. The number of anilines is 6. The molecule has 0 aliphatic heterocycles. The maximum absolute atomic E-state index is 13.0. The Labute approximate surface area is 692 Å². The van der Waals surface area contributed by atoms with Crippen LogP contribution < -0.4 is 9.80 Å². The van der Waals surface area contributed by atoms with Crippen molar-refractivity contribution in [3.05, 3.63) is 411 Å². The number of aromatic nitrogens is 2. The van der Waals surface area contributed by atoms with Gasteiger partial charge in [0.15, 0.2) is 0 Å². The maximum Gasteiger partial charge on any atom is 0.337 e. The van der Waals surface area contributed by atoms with E-state index in [1.807, 2.05) is 103 Å². The molecule has 0 N–H and O–H groups in total. The molecule has 120 heavy (non-hydrogen) atoms. The molecule has 2 aromatic heterocycles. The highest BCUT2D eigenvalue weighted by Gasteiger charge is 2.27. The lowest BCUT2D eigenvalue weighted by atomic mass is 9.84. The van der Waals surface area contributed by atoms with Crippen LogP contribution in [0.3, 0.4) is 0 Å². The number of methoxy groups -OCH3 is 4. The van der Waals surface area contributed by atoms with Gasteiger partial charge in [-0.3, -0.25) is 0 Å². The molecule has 20 rings (SSSR count). The molecule has 0 aliphatic carbocycles. The summed E-state index contributed by atoms with van der Waals surface area (Å²) in [4.78, 5) is 56.2. The molecular weight excluding hydrogens is 1480 g/mol. The molecule has 0 spiro atoms. The fourth-order valence-electron chi connectivity index (χ4n) is 17.5. The summed E-state index contributed by atoms with van der Waals surface area (Å²) in [6, 6.07) is 133. The van der Waals surface area contributed by atoms with Gasteiger partial charge in [-0.05, 0) is 246 Å². The number of ether oxygens (including phenoxy) is 4. The van der Waals surface area contributed by atoms with Gasteiger partial charge in [-0.1, -0.05) is 224 Å². The third-order valence-corrected chi connectivity index (χ3v) is 22.7. The Hall–Kier alpha value is -15.9. The standard InChI is InChI=1S/2C54H38N2O4/c1-59-53(57)37-17-12-15-35(33-37)50-44-23-6-7-24-45(44)51(36-16-13-18-38(34-36)54(58)60-2)52-46(50)25-14-28-49(52)55(39-19-4-3-5-20-39)40-29-31-41(32-30-40)56-47-26-10-8-21-42(47)43-22-9-11-27-48(43)56;1-59-53(57)37-16-12-14-35(32-37)51-45-22-6-7-23-46(45)52(36-15-13-17-38(33-36)54(58)60-2)48-34-42(30-31-47(48)51)55(39-18-4-3-5-19-39)40-26-28-41(29-27-40)56-49-24-10-8-20-43(49)44-21-9-11-25-50(44)56/h2*3-34H,1-2H3. The number of hydrogen-bond donors (Lipinski definition) is 0. The van der Waals surface area contributed by atoms with Crippen LogP contribution in [0, 0.1) is 0 Å². The highest BCUT2D eigenvalue weighted by molar-refractivity contribution is 6.26. The zero-order valence-electron chi connectivity index (χ0n) is 66.0. The van der Waals surface area contributed by atoms with Crippen molar-refractivity contribution in [3.63, 3.8) is 0 Å². The maximum atomic E-state index is 13.0. The Kier molecular flexibility index (Phi) is 19.6. The molecule has 0 fully saturated rings. The van der Waals surface area contributed by atoms with Gasteiger partial charge >= 0.3 is 23.9 Å². The first kappa shape index (κ1) is 74.2. The second kappa shape index (κ2) is 31.7. The van der Waals surface area contributed by atoms with Crippen LogP contribution in [0.1, 0.15) is 41.4 Å². The topological polar surface area (TPSA) is 122 Å². The van der Waals surface area contributed by atoms with Gasteiger partial charge in [0.2, 0.25) is 0 Å². The fourth-order valence-corrected chi connectivity index (χ4v) is 17.5. The van der Waals surface area contributed by atoms with E-state index in [1.54, 1.807) is 24.3 Å². The molecule has 0 unspecified atom stereocenters. The highest BCUT2D eigenvalue weighted by Crippen LogP contribution is 2.52. The average molecular weight is 1560 g/mol. The fraction of sp³-hybridized carbons (Fsp3) is 0.0370. The van der Waals surface area contributed by atoms with Gasteiger partial charge in [-0.25, -0.2) is 19.2 Å². The van der Waals surface area contributed by atoms with Crippen molar-refractivity contribution in [2.75, 3.05) is 38.2 Å². The summed E-state index contributed by atoms with van der Waals surface area (Å²) in [7, 11) is 5.60. The minimum atomic E-state index is -0.406. The van der Waals surface area contributed by atoms with E-state index >= 15 is 0 Å². The zero-order chi connectivity index (χ0) is 81.5. The minimum absolute atomic E-state index is 0.397. The van der Waals surface area contributed by atoms with Crippen LogP contribution >= 0.6 is 0 Å². The summed E-state index contributed by atoms with van der Waals surface area (Å²) in [5, 5.41) is 12.8. The van der Waals surface area contributed by atoms with E-state index in [0.717, 1.165) is 155 Å². The SMILES string of the molecule is COC(=O)c1cccc(-c2c3ccccc3c(-c3cccc(C(=O)OC)c3)c3c(N(c4ccccc4)c4ccc(-n5c6ccccc6c6ccccc65)cc4)cccc23)c1.COC(=O)c1cccc(-c2c3ccccc3c(-c3cccc(C(=O)OC)c3)c3cc(N(c4ccccc4)c4ccc(-n5c6ccccc6c6ccccc65)cc4)ccc23)c1. The van der Waals surface area contributed by atoms with E-state index in [-0.39, 0.29) is 0 Å². The quantitative estimate of drug-likeness (QED) is 0.0525. The van der Waals surface area contributed by atoms with Crippen molar-refractivity contribution in [1.82, 2.24) is 9.13 Å². The number of esters is 4. The highest BCUT2D eigenvalue weighted by atomic mass is 16.5. The molecule has 2 heterocycles. The van der Waals surface area contributed by atoms with Crippen LogP contribution in [-0.4, -0.2) is 61.5 Å². The molecule has 20 aromatic rings. The van der Waals surface area contributed by atoms with Crippen LogP contribution in [-0.2, 0) is 18.9 Å². The number of nitrogens with zero attached hydrogens (tertiary/aromatic N) is 4. The predicted molar refractivity (Wildman–Crippen MR) is 488 cm³/mol. The first-order valence-electron chi connectivity index (χ1n) is 39.6.